The number of rotatable bonds is 4. The lowest BCUT2D eigenvalue weighted by molar-refractivity contribution is 0.0357. The van der Waals surface area contributed by atoms with Crippen LogP contribution in [0.2, 0.25) is 0 Å². The molecule has 0 aliphatic carbocycles. The number of hydrazine groups is 1. The first-order valence-corrected chi connectivity index (χ1v) is 6.69. The number of ether oxygens (including phenoxy) is 1. The van der Waals surface area contributed by atoms with Crippen LogP contribution in [0.4, 0.5) is 11.7 Å². The van der Waals surface area contributed by atoms with Crippen molar-refractivity contribution >= 4 is 17.6 Å². The van der Waals surface area contributed by atoms with Crippen LogP contribution in [0.25, 0.3) is 0 Å². The maximum atomic E-state index is 11.2. The minimum Gasteiger partial charge on any atom is -0.430 e. The molecule has 1 fully saturated rings. The number of anilines is 2. The lowest BCUT2D eigenvalue weighted by Crippen LogP contribution is -2.46. The second-order valence-electron chi connectivity index (χ2n) is 4.59. The number of nitrogens with two attached hydrogens (primary N) is 1. The van der Waals surface area contributed by atoms with Crippen LogP contribution < -0.4 is 10.7 Å². The van der Waals surface area contributed by atoms with E-state index in [1.54, 1.807) is 0 Å². The molecular weight excluding hydrogens is 272 g/mol. The first-order chi connectivity index (χ1) is 10.3. The smallest absolute Gasteiger partial charge is 0.317 e. The van der Waals surface area contributed by atoms with Gasteiger partial charge in [-0.05, 0) is 12.1 Å². The molecule has 1 aromatic heterocycles. The van der Waals surface area contributed by atoms with Crippen molar-refractivity contribution in [3.05, 3.63) is 42.3 Å². The number of morpholine rings is 1. The van der Waals surface area contributed by atoms with E-state index in [1.807, 2.05) is 35.3 Å². The van der Waals surface area contributed by atoms with Gasteiger partial charge in [-0.1, -0.05) is 18.2 Å². The van der Waals surface area contributed by atoms with Gasteiger partial charge in [-0.25, -0.2) is 10.0 Å². The summed E-state index contributed by atoms with van der Waals surface area (Å²) < 4.78 is 10.8. The lowest BCUT2D eigenvalue weighted by atomic mass is 10.3. The molecule has 1 amide bonds. The van der Waals surface area contributed by atoms with Crippen molar-refractivity contribution < 1.29 is 13.9 Å². The molecule has 0 radical (unpaired) electrons. The number of oxazole rings is 1. The van der Waals surface area contributed by atoms with Crippen LogP contribution >= 0.6 is 0 Å². The third-order valence-electron chi connectivity index (χ3n) is 3.20. The molecule has 0 bridgehead atoms. The second kappa shape index (κ2) is 5.94. The first kappa shape index (κ1) is 13.6. The summed E-state index contributed by atoms with van der Waals surface area (Å²) in [6.45, 7) is 2.69. The summed E-state index contributed by atoms with van der Waals surface area (Å²) in [5.74, 6) is -0.611. The second-order valence-corrected chi connectivity index (χ2v) is 4.59. The summed E-state index contributed by atoms with van der Waals surface area (Å²) in [4.78, 5) is 15.4. The van der Waals surface area contributed by atoms with Gasteiger partial charge in [0.05, 0.1) is 18.9 Å². The van der Waals surface area contributed by atoms with Crippen molar-refractivity contribution in [2.75, 3.05) is 31.3 Å². The highest BCUT2D eigenvalue weighted by Gasteiger charge is 2.25. The number of carbonyl (C=O) groups is 1. The standard InChI is InChI=1S/C14H16N4O3/c15-13(19)12-10-21-14(16-12)18(11-4-2-1-3-5-11)17-6-8-20-9-7-17/h1-5,10H,6-9H2,(H2,15,19). The summed E-state index contributed by atoms with van der Waals surface area (Å²) in [7, 11) is 0. The number of aromatic nitrogens is 1. The number of amides is 1. The number of benzene rings is 1. The molecule has 1 aromatic carbocycles. The van der Waals surface area contributed by atoms with Crippen LogP contribution in [-0.4, -0.2) is 42.2 Å². The zero-order chi connectivity index (χ0) is 14.7. The Balaban J connectivity index is 1.96. The minimum atomic E-state index is -0.611. The molecule has 2 heterocycles. The van der Waals surface area contributed by atoms with Gasteiger partial charge in [0.25, 0.3) is 5.91 Å². The van der Waals surface area contributed by atoms with E-state index in [1.165, 1.54) is 6.26 Å². The molecule has 2 N–H and O–H groups in total. The average molecular weight is 288 g/mol. The highest BCUT2D eigenvalue weighted by Crippen LogP contribution is 2.27. The van der Waals surface area contributed by atoms with E-state index in [4.69, 9.17) is 14.9 Å². The van der Waals surface area contributed by atoms with Crippen LogP contribution in [0.5, 0.6) is 0 Å². The number of nitrogens with zero attached hydrogens (tertiary/aromatic N) is 3. The van der Waals surface area contributed by atoms with E-state index in [-0.39, 0.29) is 5.69 Å². The molecule has 110 valence electrons. The van der Waals surface area contributed by atoms with Crippen molar-refractivity contribution in [2.45, 2.75) is 0 Å². The van der Waals surface area contributed by atoms with Crippen molar-refractivity contribution in [1.29, 1.82) is 0 Å². The van der Waals surface area contributed by atoms with E-state index >= 15 is 0 Å². The fourth-order valence-electron chi connectivity index (χ4n) is 2.19. The Bertz CT molecular complexity index is 608. The molecule has 21 heavy (non-hydrogen) atoms. The molecule has 0 unspecified atom stereocenters. The molecule has 7 heteroatoms. The van der Waals surface area contributed by atoms with E-state index in [9.17, 15) is 4.79 Å². The Hall–Kier alpha value is -2.38. The Kier molecular flexibility index (Phi) is 3.85. The number of para-hydroxylation sites is 1. The highest BCUT2D eigenvalue weighted by atomic mass is 16.5. The Morgan fingerprint density at radius 3 is 2.57 bits per heavy atom. The first-order valence-electron chi connectivity index (χ1n) is 6.69. The fraction of sp³-hybridized carbons (Fsp3) is 0.286. The van der Waals surface area contributed by atoms with Gasteiger partial charge in [0.1, 0.15) is 6.26 Å². The molecule has 0 saturated carbocycles. The van der Waals surface area contributed by atoms with Crippen molar-refractivity contribution in [2.24, 2.45) is 5.73 Å². The van der Waals surface area contributed by atoms with Gasteiger partial charge in [0, 0.05) is 13.1 Å². The van der Waals surface area contributed by atoms with Crippen LogP contribution in [-0.2, 0) is 4.74 Å². The molecule has 3 rings (SSSR count). The average Bonchev–Trinajstić information content (AvgIpc) is 3.00. The molecule has 1 aliphatic rings. The molecule has 2 aromatic rings. The van der Waals surface area contributed by atoms with Crippen LogP contribution in [0.3, 0.4) is 0 Å². The molecule has 0 spiro atoms. The third-order valence-corrected chi connectivity index (χ3v) is 3.20. The van der Waals surface area contributed by atoms with E-state index < -0.39 is 5.91 Å². The quantitative estimate of drug-likeness (QED) is 0.908. The van der Waals surface area contributed by atoms with Gasteiger partial charge >= 0.3 is 6.01 Å². The largest absolute Gasteiger partial charge is 0.430 e. The van der Waals surface area contributed by atoms with Gasteiger partial charge < -0.3 is 14.9 Å². The highest BCUT2D eigenvalue weighted by molar-refractivity contribution is 5.90. The summed E-state index contributed by atoms with van der Waals surface area (Å²) >= 11 is 0. The molecule has 0 atom stereocenters. The Morgan fingerprint density at radius 2 is 1.95 bits per heavy atom. The van der Waals surface area contributed by atoms with Crippen LogP contribution in [0, 0.1) is 0 Å². The predicted octanol–water partition coefficient (Wildman–Crippen LogP) is 1.16. The monoisotopic (exact) mass is 288 g/mol. The molecule has 1 saturated heterocycles. The van der Waals surface area contributed by atoms with Gasteiger partial charge in [-0.3, -0.25) is 4.79 Å². The Morgan fingerprint density at radius 1 is 1.24 bits per heavy atom. The van der Waals surface area contributed by atoms with Crippen molar-refractivity contribution in [3.63, 3.8) is 0 Å². The van der Waals surface area contributed by atoms with Crippen LogP contribution in [0.15, 0.2) is 41.0 Å². The predicted molar refractivity (Wildman–Crippen MR) is 76.0 cm³/mol. The van der Waals surface area contributed by atoms with E-state index in [0.717, 1.165) is 5.69 Å². The Labute approximate surface area is 121 Å². The van der Waals surface area contributed by atoms with Gasteiger partial charge in [0.15, 0.2) is 5.69 Å². The van der Waals surface area contributed by atoms with Gasteiger partial charge in [-0.2, -0.15) is 4.98 Å². The van der Waals surface area contributed by atoms with E-state index in [0.29, 0.717) is 32.3 Å². The summed E-state index contributed by atoms with van der Waals surface area (Å²) in [5, 5.41) is 3.91. The van der Waals surface area contributed by atoms with Crippen molar-refractivity contribution in [3.8, 4) is 0 Å². The van der Waals surface area contributed by atoms with Crippen molar-refractivity contribution in [1.82, 2.24) is 9.99 Å². The number of primary amides is 1. The van der Waals surface area contributed by atoms with Crippen LogP contribution in [0.1, 0.15) is 10.5 Å². The lowest BCUT2D eigenvalue weighted by Gasteiger charge is -2.36. The number of hydrogen-bond donors (Lipinski definition) is 1. The minimum absolute atomic E-state index is 0.110. The van der Waals surface area contributed by atoms with Gasteiger partial charge in [0.2, 0.25) is 0 Å². The maximum Gasteiger partial charge on any atom is 0.317 e. The molecule has 7 nitrogen and oxygen atoms in total. The summed E-state index contributed by atoms with van der Waals surface area (Å²) in [6.07, 6.45) is 1.27. The zero-order valence-corrected chi connectivity index (χ0v) is 11.4. The number of carbonyl (C=O) groups excluding carboxylic acids is 1. The SMILES string of the molecule is NC(=O)c1coc(N(c2ccccc2)N2CCOCC2)n1. The normalized spacial score (nSPS) is 15.8. The molecule has 1 aliphatic heterocycles. The summed E-state index contributed by atoms with van der Waals surface area (Å²) in [5.41, 5.74) is 6.24. The van der Waals surface area contributed by atoms with E-state index in [2.05, 4.69) is 9.99 Å². The topological polar surface area (TPSA) is 84.8 Å². The summed E-state index contributed by atoms with van der Waals surface area (Å²) in [6, 6.07) is 10.0. The molecular formula is C14H16N4O3. The fourth-order valence-corrected chi connectivity index (χ4v) is 2.19. The van der Waals surface area contributed by atoms with Gasteiger partial charge in [-0.15, -0.1) is 0 Å². The number of hydrogen-bond acceptors (Lipinski definition) is 6. The third kappa shape index (κ3) is 2.88. The zero-order valence-electron chi connectivity index (χ0n) is 11.4. The maximum absolute atomic E-state index is 11.2.